The van der Waals surface area contributed by atoms with E-state index in [4.69, 9.17) is 4.74 Å². The number of cyclic esters (lactones) is 1. The summed E-state index contributed by atoms with van der Waals surface area (Å²) >= 11 is 0. The number of rotatable bonds is 2. The number of carbonyl (C=O) groups is 1. The maximum Gasteiger partial charge on any atom is 0.306 e. The molecule has 2 rings (SSSR count). The van der Waals surface area contributed by atoms with Crippen molar-refractivity contribution in [3.8, 4) is 0 Å². The SMILES string of the molecule is CC(C)[C@H]1OC(=O)C[C@H]1c1ccccc1. The van der Waals surface area contributed by atoms with Crippen molar-refractivity contribution in [2.75, 3.05) is 0 Å². The van der Waals surface area contributed by atoms with E-state index in [1.165, 1.54) is 5.56 Å². The van der Waals surface area contributed by atoms with Gasteiger partial charge in [-0.1, -0.05) is 44.2 Å². The Balaban J connectivity index is 2.24. The molecule has 2 nitrogen and oxygen atoms in total. The van der Waals surface area contributed by atoms with Gasteiger partial charge in [0.1, 0.15) is 6.10 Å². The largest absolute Gasteiger partial charge is 0.461 e. The molecule has 0 amide bonds. The average molecular weight is 204 g/mol. The van der Waals surface area contributed by atoms with Crippen molar-refractivity contribution < 1.29 is 9.53 Å². The first-order valence-electron chi connectivity index (χ1n) is 5.43. The van der Waals surface area contributed by atoms with Crippen molar-refractivity contribution in [3.05, 3.63) is 35.9 Å². The van der Waals surface area contributed by atoms with E-state index in [-0.39, 0.29) is 18.0 Å². The van der Waals surface area contributed by atoms with Crippen LogP contribution in [0.3, 0.4) is 0 Å². The lowest BCUT2D eigenvalue weighted by Gasteiger charge is -2.21. The Morgan fingerprint density at radius 3 is 2.53 bits per heavy atom. The lowest BCUT2D eigenvalue weighted by molar-refractivity contribution is -0.142. The molecule has 15 heavy (non-hydrogen) atoms. The Morgan fingerprint density at radius 2 is 1.93 bits per heavy atom. The minimum atomic E-state index is -0.0671. The fourth-order valence-electron chi connectivity index (χ4n) is 2.19. The molecule has 1 heterocycles. The van der Waals surface area contributed by atoms with Crippen molar-refractivity contribution in [2.45, 2.75) is 32.3 Å². The van der Waals surface area contributed by atoms with Gasteiger partial charge in [-0.15, -0.1) is 0 Å². The lowest BCUT2D eigenvalue weighted by Crippen LogP contribution is -2.21. The van der Waals surface area contributed by atoms with Gasteiger partial charge < -0.3 is 4.74 Å². The van der Waals surface area contributed by atoms with E-state index < -0.39 is 0 Å². The number of hydrogen-bond donors (Lipinski definition) is 0. The Morgan fingerprint density at radius 1 is 1.27 bits per heavy atom. The molecule has 1 fully saturated rings. The van der Waals surface area contributed by atoms with Gasteiger partial charge in [-0.3, -0.25) is 4.79 Å². The summed E-state index contributed by atoms with van der Waals surface area (Å²) in [6.07, 6.45) is 0.562. The first-order chi connectivity index (χ1) is 7.18. The maximum absolute atomic E-state index is 11.3. The molecular formula is C13H16O2. The number of hydrogen-bond acceptors (Lipinski definition) is 2. The molecule has 1 aromatic carbocycles. The molecule has 1 aliphatic heterocycles. The first-order valence-corrected chi connectivity index (χ1v) is 5.43. The summed E-state index contributed by atoms with van der Waals surface area (Å²) in [6, 6.07) is 10.2. The second kappa shape index (κ2) is 4.05. The standard InChI is InChI=1S/C13H16O2/c1-9(2)13-11(8-12(14)15-13)10-6-4-3-5-7-10/h3-7,9,11,13H,8H2,1-2H3/t11-,13+/m0/s1. The molecule has 1 aliphatic rings. The third kappa shape index (κ3) is 2.04. The zero-order chi connectivity index (χ0) is 10.8. The van der Waals surface area contributed by atoms with E-state index >= 15 is 0 Å². The van der Waals surface area contributed by atoms with E-state index in [1.807, 2.05) is 18.2 Å². The van der Waals surface area contributed by atoms with Crippen LogP contribution in [0.25, 0.3) is 0 Å². The fourth-order valence-corrected chi connectivity index (χ4v) is 2.19. The Kier molecular flexibility index (Phi) is 2.76. The smallest absolute Gasteiger partial charge is 0.306 e. The monoisotopic (exact) mass is 204 g/mol. The van der Waals surface area contributed by atoms with Crippen LogP contribution in [-0.2, 0) is 9.53 Å². The molecule has 0 unspecified atom stereocenters. The molecular weight excluding hydrogens is 188 g/mol. The van der Waals surface area contributed by atoms with Gasteiger partial charge in [0, 0.05) is 5.92 Å². The van der Waals surface area contributed by atoms with Gasteiger partial charge in [-0.05, 0) is 11.5 Å². The predicted octanol–water partition coefficient (Wildman–Crippen LogP) is 2.74. The lowest BCUT2D eigenvalue weighted by atomic mass is 9.87. The number of esters is 1. The van der Waals surface area contributed by atoms with Crippen LogP contribution in [-0.4, -0.2) is 12.1 Å². The zero-order valence-electron chi connectivity index (χ0n) is 9.14. The van der Waals surface area contributed by atoms with E-state index in [9.17, 15) is 4.79 Å². The molecule has 80 valence electrons. The van der Waals surface area contributed by atoms with Crippen LogP contribution >= 0.6 is 0 Å². The molecule has 2 heteroatoms. The quantitative estimate of drug-likeness (QED) is 0.692. The summed E-state index contributed by atoms with van der Waals surface area (Å²) in [7, 11) is 0. The summed E-state index contributed by atoms with van der Waals surface area (Å²) in [6.45, 7) is 4.19. The van der Waals surface area contributed by atoms with Gasteiger partial charge >= 0.3 is 5.97 Å². The van der Waals surface area contributed by atoms with Crippen molar-refractivity contribution in [1.82, 2.24) is 0 Å². The van der Waals surface area contributed by atoms with Gasteiger partial charge in [-0.25, -0.2) is 0 Å². The van der Waals surface area contributed by atoms with Crippen molar-refractivity contribution in [3.63, 3.8) is 0 Å². The molecule has 0 bridgehead atoms. The fraction of sp³-hybridized carbons (Fsp3) is 0.462. The van der Waals surface area contributed by atoms with E-state index in [2.05, 4.69) is 26.0 Å². The predicted molar refractivity (Wildman–Crippen MR) is 58.5 cm³/mol. The summed E-state index contributed by atoms with van der Waals surface area (Å²) in [4.78, 5) is 11.3. The first kappa shape index (κ1) is 10.2. The van der Waals surface area contributed by atoms with Crippen LogP contribution in [0, 0.1) is 5.92 Å². The zero-order valence-corrected chi connectivity index (χ0v) is 9.14. The van der Waals surface area contributed by atoms with Gasteiger partial charge in [0.15, 0.2) is 0 Å². The molecule has 2 atom stereocenters. The highest BCUT2D eigenvalue weighted by molar-refractivity contribution is 5.73. The van der Waals surface area contributed by atoms with Crippen LogP contribution in [0.1, 0.15) is 31.7 Å². The molecule has 0 aliphatic carbocycles. The molecule has 0 N–H and O–H groups in total. The van der Waals surface area contributed by atoms with Crippen LogP contribution in [0.2, 0.25) is 0 Å². The summed E-state index contributed by atoms with van der Waals surface area (Å²) in [5.41, 5.74) is 1.21. The normalized spacial score (nSPS) is 25.7. The Labute approximate surface area is 90.3 Å². The number of ether oxygens (including phenoxy) is 1. The van der Waals surface area contributed by atoms with E-state index in [0.29, 0.717) is 12.3 Å². The molecule has 0 radical (unpaired) electrons. The van der Waals surface area contributed by atoms with Crippen LogP contribution in [0.5, 0.6) is 0 Å². The second-order valence-electron chi connectivity index (χ2n) is 4.42. The van der Waals surface area contributed by atoms with Crippen LogP contribution < -0.4 is 0 Å². The minimum Gasteiger partial charge on any atom is -0.461 e. The summed E-state index contributed by atoms with van der Waals surface area (Å²) in [5.74, 6) is 0.544. The van der Waals surface area contributed by atoms with Gasteiger partial charge in [0.05, 0.1) is 6.42 Å². The van der Waals surface area contributed by atoms with Crippen molar-refractivity contribution >= 4 is 5.97 Å². The van der Waals surface area contributed by atoms with E-state index in [1.54, 1.807) is 0 Å². The minimum absolute atomic E-state index is 0.0416. The third-order valence-electron chi connectivity index (χ3n) is 2.94. The van der Waals surface area contributed by atoms with Gasteiger partial charge in [-0.2, -0.15) is 0 Å². The topological polar surface area (TPSA) is 26.3 Å². The molecule has 1 aromatic rings. The van der Waals surface area contributed by atoms with Crippen LogP contribution in [0.4, 0.5) is 0 Å². The Hall–Kier alpha value is -1.31. The summed E-state index contributed by atoms with van der Waals surface area (Å²) < 4.78 is 5.35. The number of benzene rings is 1. The summed E-state index contributed by atoms with van der Waals surface area (Å²) in [5, 5.41) is 0. The molecule has 1 saturated heterocycles. The molecule has 0 aromatic heterocycles. The Bertz CT molecular complexity index is 343. The van der Waals surface area contributed by atoms with Crippen LogP contribution in [0.15, 0.2) is 30.3 Å². The highest BCUT2D eigenvalue weighted by Gasteiger charge is 2.37. The second-order valence-corrected chi connectivity index (χ2v) is 4.42. The van der Waals surface area contributed by atoms with Gasteiger partial charge in [0.2, 0.25) is 0 Å². The van der Waals surface area contributed by atoms with Crippen molar-refractivity contribution in [2.24, 2.45) is 5.92 Å². The molecule has 0 saturated carbocycles. The number of carbonyl (C=O) groups excluding carboxylic acids is 1. The third-order valence-corrected chi connectivity index (χ3v) is 2.94. The van der Waals surface area contributed by atoms with Gasteiger partial charge in [0.25, 0.3) is 0 Å². The maximum atomic E-state index is 11.3. The van der Waals surface area contributed by atoms with Crippen molar-refractivity contribution in [1.29, 1.82) is 0 Å². The average Bonchev–Trinajstić information content (AvgIpc) is 2.62. The van der Waals surface area contributed by atoms with E-state index in [0.717, 1.165) is 0 Å². The highest BCUT2D eigenvalue weighted by Crippen LogP contribution is 2.35. The highest BCUT2D eigenvalue weighted by atomic mass is 16.6. The molecule has 0 spiro atoms.